The van der Waals surface area contributed by atoms with Crippen LogP contribution in [-0.2, 0) is 20.6 Å². The number of benzene rings is 1. The molecule has 158 valence electrons. The molecule has 29 heavy (non-hydrogen) atoms. The van der Waals surface area contributed by atoms with E-state index >= 15 is 0 Å². The maximum Gasteiger partial charge on any atom is 0.416 e. The fourth-order valence-electron chi connectivity index (χ4n) is 4.66. The summed E-state index contributed by atoms with van der Waals surface area (Å²) in [4.78, 5) is 39.2. The van der Waals surface area contributed by atoms with E-state index < -0.39 is 52.9 Å². The van der Waals surface area contributed by atoms with Gasteiger partial charge < -0.3 is 5.11 Å². The number of amides is 2. The molecule has 2 N–H and O–H groups in total. The van der Waals surface area contributed by atoms with Gasteiger partial charge in [-0.1, -0.05) is 26.0 Å². The van der Waals surface area contributed by atoms with Crippen LogP contribution < -0.4 is 5.32 Å². The van der Waals surface area contributed by atoms with Crippen molar-refractivity contribution in [3.63, 3.8) is 0 Å². The van der Waals surface area contributed by atoms with Gasteiger partial charge in [-0.3, -0.25) is 24.6 Å². The number of alkyl halides is 3. The molecule has 2 aliphatic heterocycles. The highest BCUT2D eigenvalue weighted by molar-refractivity contribution is 6.09. The second kappa shape index (κ2) is 7.12. The first-order valence-corrected chi connectivity index (χ1v) is 9.47. The Bertz CT molecular complexity index is 837. The van der Waals surface area contributed by atoms with Crippen molar-refractivity contribution in [1.29, 1.82) is 0 Å². The second-order valence-electron chi connectivity index (χ2n) is 8.04. The summed E-state index contributed by atoms with van der Waals surface area (Å²) in [5, 5.41) is 13.0. The number of nitrogens with one attached hydrogen (secondary N) is 1. The largest absolute Gasteiger partial charge is 0.480 e. The molecule has 0 aromatic heterocycles. The van der Waals surface area contributed by atoms with Gasteiger partial charge in [0, 0.05) is 12.6 Å². The number of rotatable bonds is 5. The van der Waals surface area contributed by atoms with E-state index in [1.54, 1.807) is 6.92 Å². The first-order valence-electron chi connectivity index (χ1n) is 9.47. The molecule has 0 aliphatic carbocycles. The molecule has 2 fully saturated rings. The van der Waals surface area contributed by atoms with Crippen LogP contribution in [0.4, 0.5) is 13.2 Å². The van der Waals surface area contributed by atoms with E-state index in [1.807, 2.05) is 13.8 Å². The summed E-state index contributed by atoms with van der Waals surface area (Å²) >= 11 is 0. The van der Waals surface area contributed by atoms with E-state index in [0.717, 1.165) is 17.0 Å². The summed E-state index contributed by atoms with van der Waals surface area (Å²) in [6.07, 6.45) is -4.40. The fourth-order valence-corrected chi connectivity index (χ4v) is 4.66. The molecule has 9 heteroatoms. The summed E-state index contributed by atoms with van der Waals surface area (Å²) in [5.41, 5.74) is -2.16. The number of aliphatic carboxylic acids is 1. The molecule has 4 unspecified atom stereocenters. The van der Waals surface area contributed by atoms with Gasteiger partial charge in [-0.2, -0.15) is 13.2 Å². The van der Waals surface area contributed by atoms with Gasteiger partial charge in [0.15, 0.2) is 0 Å². The minimum absolute atomic E-state index is 0.0933. The number of carboxylic acid groups (broad SMARTS) is 1. The van der Waals surface area contributed by atoms with Crippen LogP contribution >= 0.6 is 0 Å². The van der Waals surface area contributed by atoms with Crippen molar-refractivity contribution in [3.05, 3.63) is 35.4 Å². The van der Waals surface area contributed by atoms with Crippen LogP contribution in [0.25, 0.3) is 0 Å². The Kier molecular flexibility index (Phi) is 5.23. The molecule has 0 saturated carbocycles. The Morgan fingerprint density at radius 3 is 2.24 bits per heavy atom. The highest BCUT2D eigenvalue weighted by Crippen LogP contribution is 2.51. The maximum absolute atomic E-state index is 12.9. The Balaban J connectivity index is 2.10. The number of nitrogens with zero attached hydrogens (tertiary/aromatic N) is 1. The van der Waals surface area contributed by atoms with E-state index in [0.29, 0.717) is 5.56 Å². The zero-order chi connectivity index (χ0) is 21.7. The average Bonchev–Trinajstić information content (AvgIpc) is 3.09. The molecule has 2 aliphatic rings. The van der Waals surface area contributed by atoms with Crippen LogP contribution in [0.15, 0.2) is 24.3 Å². The molecule has 4 atom stereocenters. The molecule has 1 aromatic rings. The van der Waals surface area contributed by atoms with Crippen LogP contribution in [0.2, 0.25) is 0 Å². The molecule has 3 rings (SSSR count). The second-order valence-corrected chi connectivity index (χ2v) is 8.04. The van der Waals surface area contributed by atoms with E-state index in [4.69, 9.17) is 0 Å². The summed E-state index contributed by atoms with van der Waals surface area (Å²) < 4.78 is 38.7. The minimum atomic E-state index is -4.51. The van der Waals surface area contributed by atoms with E-state index in [9.17, 15) is 32.7 Å². The van der Waals surface area contributed by atoms with E-state index in [2.05, 4.69) is 5.32 Å². The van der Waals surface area contributed by atoms with Gasteiger partial charge in [-0.25, -0.2) is 0 Å². The quantitative estimate of drug-likeness (QED) is 0.727. The lowest BCUT2D eigenvalue weighted by Gasteiger charge is -2.32. The molecular formula is C20H23F3N2O4. The topological polar surface area (TPSA) is 86.7 Å². The number of hydrogen-bond donors (Lipinski definition) is 2. The number of carboxylic acids is 1. The molecule has 2 amide bonds. The minimum Gasteiger partial charge on any atom is -0.480 e. The monoisotopic (exact) mass is 412 g/mol. The van der Waals surface area contributed by atoms with Crippen molar-refractivity contribution in [2.24, 2.45) is 17.8 Å². The van der Waals surface area contributed by atoms with Crippen molar-refractivity contribution < 1.29 is 32.7 Å². The van der Waals surface area contributed by atoms with Crippen molar-refractivity contribution in [2.75, 3.05) is 6.54 Å². The molecule has 0 radical (unpaired) electrons. The van der Waals surface area contributed by atoms with Crippen LogP contribution in [0.3, 0.4) is 0 Å². The van der Waals surface area contributed by atoms with Gasteiger partial charge in [0.2, 0.25) is 11.8 Å². The Morgan fingerprint density at radius 2 is 1.79 bits per heavy atom. The van der Waals surface area contributed by atoms with E-state index in [-0.39, 0.29) is 18.9 Å². The van der Waals surface area contributed by atoms with Crippen molar-refractivity contribution in [2.45, 2.75) is 44.9 Å². The number of hydrogen-bond acceptors (Lipinski definition) is 4. The predicted molar refractivity (Wildman–Crippen MR) is 96.5 cm³/mol. The van der Waals surface area contributed by atoms with Gasteiger partial charge in [0.05, 0.1) is 17.4 Å². The van der Waals surface area contributed by atoms with Crippen molar-refractivity contribution in [1.82, 2.24) is 10.2 Å². The highest BCUT2D eigenvalue weighted by atomic mass is 19.4. The zero-order valence-electron chi connectivity index (χ0n) is 16.3. The predicted octanol–water partition coefficient (Wildman–Crippen LogP) is 2.84. The number of likely N-dealkylation sites (tertiary alicyclic amines) is 1. The lowest BCUT2D eigenvalue weighted by molar-refractivity contribution is -0.152. The molecule has 0 spiro atoms. The highest BCUT2D eigenvalue weighted by Gasteiger charge is 2.68. The zero-order valence-corrected chi connectivity index (χ0v) is 16.3. The third-order valence-electron chi connectivity index (χ3n) is 5.77. The van der Waals surface area contributed by atoms with Crippen LogP contribution in [0.5, 0.6) is 0 Å². The normalized spacial score (nSPS) is 29.6. The number of halogens is 3. The lowest BCUT2D eigenvalue weighted by atomic mass is 9.75. The first kappa shape index (κ1) is 21.3. The van der Waals surface area contributed by atoms with Crippen LogP contribution in [-0.4, -0.2) is 39.9 Å². The summed E-state index contributed by atoms with van der Waals surface area (Å²) in [5.74, 6) is -4.46. The molecule has 0 bridgehead atoms. The number of carbonyl (C=O) groups excluding carboxylic acids is 2. The molecule has 2 heterocycles. The third-order valence-corrected chi connectivity index (χ3v) is 5.77. The van der Waals surface area contributed by atoms with E-state index in [1.165, 1.54) is 12.1 Å². The molecule has 6 nitrogen and oxygen atoms in total. The summed E-state index contributed by atoms with van der Waals surface area (Å²) in [7, 11) is 0. The summed E-state index contributed by atoms with van der Waals surface area (Å²) in [6, 6.07) is 3.39. The molecular weight excluding hydrogens is 389 g/mol. The van der Waals surface area contributed by atoms with Gasteiger partial charge in [0.25, 0.3) is 0 Å². The smallest absolute Gasteiger partial charge is 0.416 e. The van der Waals surface area contributed by atoms with Crippen LogP contribution in [0, 0.1) is 17.8 Å². The van der Waals surface area contributed by atoms with Gasteiger partial charge in [0.1, 0.15) is 5.54 Å². The number of fused-ring (bicyclic) bond motifs is 1. The van der Waals surface area contributed by atoms with Crippen molar-refractivity contribution in [3.8, 4) is 0 Å². The Morgan fingerprint density at radius 1 is 1.21 bits per heavy atom. The fraction of sp³-hybridized carbons (Fsp3) is 0.550. The van der Waals surface area contributed by atoms with Gasteiger partial charge in [-0.15, -0.1) is 0 Å². The SMILES string of the molecule is CCN1C(=O)C2C(c3ccc(C(F)(F)F)cc3)NC(CC(C)C)(C(=O)O)C2C1=O. The maximum atomic E-state index is 12.9. The molecule has 2 saturated heterocycles. The first-order chi connectivity index (χ1) is 13.4. The summed E-state index contributed by atoms with van der Waals surface area (Å²) in [6.45, 7) is 5.36. The number of carbonyl (C=O) groups is 3. The van der Waals surface area contributed by atoms with Gasteiger partial charge >= 0.3 is 12.1 Å². The van der Waals surface area contributed by atoms with Crippen LogP contribution in [0.1, 0.15) is 44.4 Å². The van der Waals surface area contributed by atoms with Gasteiger partial charge in [-0.05, 0) is 37.0 Å². The average molecular weight is 412 g/mol. The Hall–Kier alpha value is -2.42. The third kappa shape index (κ3) is 3.31. The molecule has 1 aromatic carbocycles. The Labute approximate surface area is 166 Å². The standard InChI is InChI=1S/C20H23F3N2O4/c1-4-25-16(26)13-14(17(25)27)19(18(28)29,9-10(2)3)24-15(13)11-5-7-12(8-6-11)20(21,22)23/h5-8,10,13-15,24H,4,9H2,1-3H3,(H,28,29). The van der Waals surface area contributed by atoms with Crippen molar-refractivity contribution >= 4 is 17.8 Å². The number of imide groups is 1. The lowest BCUT2D eigenvalue weighted by Crippen LogP contribution is -2.56.